The predicted molar refractivity (Wildman–Crippen MR) is 88.9 cm³/mol. The summed E-state index contributed by atoms with van der Waals surface area (Å²) in [7, 11) is 2.07. The first-order valence-corrected chi connectivity index (χ1v) is 7.40. The Labute approximate surface area is 132 Å². The number of carbonyl (C=O) groups is 1. The number of rotatable bonds is 4. The van der Waals surface area contributed by atoms with Crippen LogP contribution in [0.5, 0.6) is 0 Å². The van der Waals surface area contributed by atoms with E-state index >= 15 is 0 Å². The van der Waals surface area contributed by atoms with Crippen molar-refractivity contribution in [1.29, 1.82) is 0 Å². The smallest absolute Gasteiger partial charge is 0.220 e. The zero-order chi connectivity index (χ0) is 16.4. The summed E-state index contributed by atoms with van der Waals surface area (Å²) in [6, 6.07) is 0. The van der Waals surface area contributed by atoms with Crippen LogP contribution in [-0.2, 0) is 4.79 Å². The lowest BCUT2D eigenvalue weighted by Gasteiger charge is -2.26. The molecule has 5 heteroatoms. The molecular formula is C17H25N3O2. The van der Waals surface area contributed by atoms with Crippen LogP contribution in [0.1, 0.15) is 25.3 Å². The van der Waals surface area contributed by atoms with E-state index in [9.17, 15) is 4.79 Å². The number of likely N-dealkylation sites (tertiary alicyclic amines) is 1. The Morgan fingerprint density at radius 3 is 2.64 bits per heavy atom. The number of primary amides is 1. The molecule has 0 bridgehead atoms. The fourth-order valence-corrected chi connectivity index (χ4v) is 2.04. The molecule has 1 fully saturated rings. The Morgan fingerprint density at radius 2 is 2.14 bits per heavy atom. The van der Waals surface area contributed by atoms with E-state index in [0.29, 0.717) is 0 Å². The van der Waals surface area contributed by atoms with Gasteiger partial charge < -0.3 is 15.2 Å². The topological polar surface area (TPSA) is 72.4 Å². The number of carbonyl (C=O) groups excluding carboxylic acids is 1. The minimum atomic E-state index is -0.131. The fraction of sp³-hybridized carbons (Fsp3) is 0.412. The van der Waals surface area contributed by atoms with Crippen LogP contribution in [0.15, 0.2) is 47.9 Å². The summed E-state index contributed by atoms with van der Waals surface area (Å²) in [5.74, 6) is 0.00398. The number of allylic oxidation sites excluding steroid dienone is 5. The van der Waals surface area contributed by atoms with Gasteiger partial charge in [-0.2, -0.15) is 0 Å². The van der Waals surface area contributed by atoms with Crippen molar-refractivity contribution in [1.82, 2.24) is 10.1 Å². The second-order valence-electron chi connectivity index (χ2n) is 5.30. The Kier molecular flexibility index (Phi) is 7.92. The molecule has 1 amide bonds. The molecule has 0 spiro atoms. The molecule has 0 saturated carbocycles. The van der Waals surface area contributed by atoms with Gasteiger partial charge in [0.2, 0.25) is 5.91 Å². The number of nitrogens with zero attached hydrogens (tertiary/aromatic N) is 2. The van der Waals surface area contributed by atoms with Gasteiger partial charge in [-0.25, -0.2) is 0 Å². The highest BCUT2D eigenvalue weighted by Gasteiger charge is 2.20. The van der Waals surface area contributed by atoms with Gasteiger partial charge in [-0.1, -0.05) is 36.0 Å². The molecule has 0 aromatic carbocycles. The van der Waals surface area contributed by atoms with E-state index in [0.717, 1.165) is 37.1 Å². The van der Waals surface area contributed by atoms with Crippen LogP contribution < -0.4 is 5.73 Å². The summed E-state index contributed by atoms with van der Waals surface area (Å²) >= 11 is 0. The fourth-order valence-electron chi connectivity index (χ4n) is 2.04. The quantitative estimate of drug-likeness (QED) is 0.868. The van der Waals surface area contributed by atoms with Gasteiger partial charge in [0.05, 0.1) is 6.20 Å². The Hall–Kier alpha value is -2.14. The number of amides is 1. The third-order valence-corrected chi connectivity index (χ3v) is 3.53. The van der Waals surface area contributed by atoms with Crippen LogP contribution in [0.2, 0.25) is 0 Å². The average Bonchev–Trinajstić information content (AvgIpc) is 3.03. The van der Waals surface area contributed by atoms with Crippen molar-refractivity contribution in [3.63, 3.8) is 0 Å². The molecule has 2 N–H and O–H groups in total. The van der Waals surface area contributed by atoms with Crippen LogP contribution in [-0.4, -0.2) is 36.1 Å². The van der Waals surface area contributed by atoms with Gasteiger partial charge in [0.1, 0.15) is 6.26 Å². The van der Waals surface area contributed by atoms with Crippen LogP contribution >= 0.6 is 0 Å². The number of aromatic nitrogens is 1. The van der Waals surface area contributed by atoms with Crippen molar-refractivity contribution in [2.75, 3.05) is 20.1 Å². The number of nitrogens with two attached hydrogens (primary N) is 1. The number of hydrogen-bond acceptors (Lipinski definition) is 4. The lowest BCUT2D eigenvalue weighted by molar-refractivity contribution is -0.123. The summed E-state index contributed by atoms with van der Waals surface area (Å²) in [5, 5.41) is 3.58. The molecular weight excluding hydrogens is 278 g/mol. The Balaban J connectivity index is 0.000000224. The van der Waals surface area contributed by atoms with Crippen LogP contribution in [0.4, 0.5) is 0 Å². The molecule has 2 rings (SSSR count). The van der Waals surface area contributed by atoms with Crippen LogP contribution in [0, 0.1) is 5.92 Å². The highest BCUT2D eigenvalue weighted by molar-refractivity contribution is 5.76. The first kappa shape index (κ1) is 17.9. The first-order chi connectivity index (χ1) is 10.5. The summed E-state index contributed by atoms with van der Waals surface area (Å²) in [5.41, 5.74) is 6.97. The van der Waals surface area contributed by atoms with E-state index in [1.54, 1.807) is 12.5 Å². The maximum Gasteiger partial charge on any atom is 0.220 e. The molecule has 1 aliphatic rings. The van der Waals surface area contributed by atoms with E-state index < -0.39 is 0 Å². The van der Waals surface area contributed by atoms with Crippen molar-refractivity contribution in [2.24, 2.45) is 11.7 Å². The van der Waals surface area contributed by atoms with Crippen molar-refractivity contribution in [2.45, 2.75) is 19.8 Å². The summed E-state index contributed by atoms with van der Waals surface area (Å²) < 4.78 is 4.68. The van der Waals surface area contributed by atoms with Gasteiger partial charge in [-0.3, -0.25) is 4.79 Å². The monoisotopic (exact) mass is 303 g/mol. The molecule has 0 aliphatic carbocycles. The molecule has 1 aromatic heterocycles. The molecule has 0 radical (unpaired) electrons. The van der Waals surface area contributed by atoms with Gasteiger partial charge in [0, 0.05) is 11.5 Å². The maximum atomic E-state index is 10.7. The Morgan fingerprint density at radius 1 is 1.45 bits per heavy atom. The summed E-state index contributed by atoms with van der Waals surface area (Å²) in [6.45, 7) is 7.83. The molecule has 1 aromatic rings. The number of hydrogen-bond donors (Lipinski definition) is 1. The molecule has 2 heterocycles. The normalized spacial score (nSPS) is 16.6. The lowest BCUT2D eigenvalue weighted by atomic mass is 9.97. The molecule has 0 atom stereocenters. The van der Waals surface area contributed by atoms with Crippen molar-refractivity contribution in [3.8, 4) is 0 Å². The molecule has 120 valence electrons. The van der Waals surface area contributed by atoms with Crippen molar-refractivity contribution >= 4 is 11.5 Å². The maximum absolute atomic E-state index is 10.7. The predicted octanol–water partition coefficient (Wildman–Crippen LogP) is 2.63. The summed E-state index contributed by atoms with van der Waals surface area (Å²) in [6.07, 6.45) is 12.8. The summed E-state index contributed by atoms with van der Waals surface area (Å²) in [4.78, 5) is 12.9. The van der Waals surface area contributed by atoms with Gasteiger partial charge in [-0.15, -0.1) is 0 Å². The van der Waals surface area contributed by atoms with E-state index in [1.807, 2.05) is 31.2 Å². The van der Waals surface area contributed by atoms with Crippen LogP contribution in [0.25, 0.3) is 5.57 Å². The third kappa shape index (κ3) is 6.54. The molecule has 1 saturated heterocycles. The Bertz CT molecular complexity index is 510. The molecule has 1 aliphatic heterocycles. The third-order valence-electron chi connectivity index (χ3n) is 3.53. The minimum absolute atomic E-state index is 0.131. The van der Waals surface area contributed by atoms with Gasteiger partial charge in [0.15, 0.2) is 0 Å². The first-order valence-electron chi connectivity index (χ1n) is 7.40. The lowest BCUT2D eigenvalue weighted by Crippen LogP contribution is -2.36. The highest BCUT2D eigenvalue weighted by atomic mass is 16.5. The molecule has 22 heavy (non-hydrogen) atoms. The minimum Gasteiger partial charge on any atom is -0.369 e. The standard InChI is InChI=1S/C10H11NO.C7H14N2O/c1-3-4-5-6-9(2)10-7-11-12-8-10;1-9-4-2-6(3-5-9)7(8)10/h3-8H,2H2,1H3;6H,2-5H2,1H3,(H2,8,10)/b4-3-,6-5-;. The van der Waals surface area contributed by atoms with Crippen molar-refractivity contribution < 1.29 is 9.32 Å². The van der Waals surface area contributed by atoms with Gasteiger partial charge in [-0.05, 0) is 45.5 Å². The largest absolute Gasteiger partial charge is 0.369 e. The van der Waals surface area contributed by atoms with Gasteiger partial charge in [0.25, 0.3) is 0 Å². The zero-order valence-corrected chi connectivity index (χ0v) is 13.4. The van der Waals surface area contributed by atoms with E-state index in [1.165, 1.54) is 0 Å². The van der Waals surface area contributed by atoms with E-state index in [2.05, 4.69) is 28.2 Å². The van der Waals surface area contributed by atoms with Crippen LogP contribution in [0.3, 0.4) is 0 Å². The van der Waals surface area contributed by atoms with E-state index in [-0.39, 0.29) is 11.8 Å². The molecule has 5 nitrogen and oxygen atoms in total. The highest BCUT2D eigenvalue weighted by Crippen LogP contribution is 2.14. The average molecular weight is 303 g/mol. The second kappa shape index (κ2) is 9.73. The molecule has 0 unspecified atom stereocenters. The van der Waals surface area contributed by atoms with E-state index in [4.69, 9.17) is 5.73 Å². The number of piperidine rings is 1. The SMILES string of the molecule is C=C(/C=C\C=C/C)c1cnoc1.CN1CCC(C(N)=O)CC1. The van der Waals surface area contributed by atoms with Crippen molar-refractivity contribution in [3.05, 3.63) is 48.9 Å². The second-order valence-corrected chi connectivity index (χ2v) is 5.30. The zero-order valence-electron chi connectivity index (χ0n) is 13.4. The van der Waals surface area contributed by atoms with Gasteiger partial charge >= 0.3 is 0 Å².